The Labute approximate surface area is 165 Å². The molecule has 0 saturated heterocycles. The molecule has 1 heterocycles. The summed E-state index contributed by atoms with van der Waals surface area (Å²) in [4.78, 5) is 17.3. The van der Waals surface area contributed by atoms with Crippen molar-refractivity contribution in [3.63, 3.8) is 0 Å². The topological polar surface area (TPSA) is 68.5 Å². The molecule has 1 aromatic heterocycles. The molecule has 6 nitrogen and oxygen atoms in total. The molecule has 0 fully saturated rings. The number of oxime groups is 1. The molecule has 0 aliphatic heterocycles. The smallest absolute Gasteiger partial charge is 0.282 e. The maximum atomic E-state index is 13.1. The molecule has 1 amide bonds. The number of hydrogen-bond donors (Lipinski definition) is 1. The van der Waals surface area contributed by atoms with E-state index in [0.717, 1.165) is 5.56 Å². The summed E-state index contributed by atoms with van der Waals surface area (Å²) in [6, 6.07) is 4.41. The molecule has 0 radical (unpaired) electrons. The number of nitrogens with zero attached hydrogens (tertiary/aromatic N) is 3. The predicted octanol–water partition coefficient (Wildman–Crippen LogP) is 4.03. The summed E-state index contributed by atoms with van der Waals surface area (Å²) in [5.41, 5.74) is 0.416. The van der Waals surface area contributed by atoms with Crippen LogP contribution >= 0.6 is 23.2 Å². The van der Waals surface area contributed by atoms with Crippen LogP contribution in [0.5, 0.6) is 0 Å². The van der Waals surface area contributed by atoms with E-state index in [2.05, 4.69) is 15.6 Å². The molecule has 1 N–H and O–H groups in total. The van der Waals surface area contributed by atoms with Crippen LogP contribution in [0, 0.1) is 0 Å². The highest BCUT2D eigenvalue weighted by Crippen LogP contribution is 2.23. The van der Waals surface area contributed by atoms with E-state index in [4.69, 9.17) is 28.0 Å². The number of alkyl halides is 2. The van der Waals surface area contributed by atoms with E-state index in [9.17, 15) is 13.6 Å². The molecule has 10 heteroatoms. The lowest BCUT2D eigenvalue weighted by Gasteiger charge is -2.17. The number of halogens is 4. The van der Waals surface area contributed by atoms with Gasteiger partial charge in [0.25, 0.3) is 12.3 Å². The summed E-state index contributed by atoms with van der Waals surface area (Å²) >= 11 is 12.1. The molecule has 1 atom stereocenters. The average molecular weight is 419 g/mol. The number of carbonyl (C=O) groups excluding carboxylic acids is 1. The van der Waals surface area contributed by atoms with Crippen molar-refractivity contribution in [1.29, 1.82) is 0 Å². The molecule has 2 aromatic rings. The molecule has 2 rings (SSSR count). The highest BCUT2D eigenvalue weighted by atomic mass is 35.5. The van der Waals surface area contributed by atoms with Crippen molar-refractivity contribution < 1.29 is 18.4 Å². The minimum Gasteiger partial charge on any atom is -0.399 e. The van der Waals surface area contributed by atoms with Crippen LogP contribution in [0.25, 0.3) is 0 Å². The predicted molar refractivity (Wildman–Crippen MR) is 99.7 cm³/mol. The lowest BCUT2D eigenvalue weighted by molar-refractivity contribution is 0.0933. The van der Waals surface area contributed by atoms with Gasteiger partial charge >= 0.3 is 0 Å². The molecule has 1 aromatic carbocycles. The van der Waals surface area contributed by atoms with Gasteiger partial charge in [0.2, 0.25) is 0 Å². The normalized spacial score (nSPS) is 13.0. The van der Waals surface area contributed by atoms with E-state index >= 15 is 0 Å². The minimum atomic E-state index is -2.86. The molecule has 0 spiro atoms. The van der Waals surface area contributed by atoms with Gasteiger partial charge in [0.15, 0.2) is 0 Å². The van der Waals surface area contributed by atoms with Crippen LogP contribution in [0.3, 0.4) is 0 Å². The molecule has 0 aliphatic carbocycles. The Kier molecular flexibility index (Phi) is 7.15. The van der Waals surface area contributed by atoms with Crippen molar-refractivity contribution in [3.05, 3.63) is 51.3 Å². The average Bonchev–Trinajstić information content (AvgIpc) is 2.99. The van der Waals surface area contributed by atoms with Gasteiger partial charge < -0.3 is 10.2 Å². The van der Waals surface area contributed by atoms with Gasteiger partial charge in [-0.3, -0.25) is 9.48 Å². The summed E-state index contributed by atoms with van der Waals surface area (Å²) in [6.45, 7) is 1.66. The van der Waals surface area contributed by atoms with Crippen LogP contribution < -0.4 is 5.32 Å². The number of rotatable bonds is 7. The van der Waals surface area contributed by atoms with Crippen LogP contribution in [-0.2, 0) is 18.3 Å². The Bertz CT molecular complexity index is 855. The summed E-state index contributed by atoms with van der Waals surface area (Å²) in [7, 11) is 2.83. The van der Waals surface area contributed by atoms with E-state index in [1.807, 2.05) is 0 Å². The summed E-state index contributed by atoms with van der Waals surface area (Å²) in [5, 5.41) is 11.1. The second-order valence-electron chi connectivity index (χ2n) is 5.78. The monoisotopic (exact) mass is 418 g/mol. The van der Waals surface area contributed by atoms with Crippen molar-refractivity contribution in [3.8, 4) is 0 Å². The molecule has 0 bridgehead atoms. The van der Waals surface area contributed by atoms with E-state index < -0.39 is 24.1 Å². The Morgan fingerprint density at radius 2 is 2.11 bits per heavy atom. The maximum absolute atomic E-state index is 13.1. The fraction of sp³-hybridized carbons (Fsp3) is 0.353. The molecule has 146 valence electrons. The molecular formula is C17H18Cl2F2N4O2. The van der Waals surface area contributed by atoms with Crippen molar-refractivity contribution in [2.24, 2.45) is 12.2 Å². The van der Waals surface area contributed by atoms with Crippen LogP contribution in [0.2, 0.25) is 10.0 Å². The molecule has 27 heavy (non-hydrogen) atoms. The summed E-state index contributed by atoms with van der Waals surface area (Å²) < 4.78 is 27.3. The van der Waals surface area contributed by atoms with E-state index in [1.165, 1.54) is 25.0 Å². The fourth-order valence-corrected chi connectivity index (χ4v) is 2.92. The standard InChI is InChI=1S/C17H18Cl2F2N4O2/c1-9(22-17(26)12-8-25(2)23-15(12)16(20)21)14(24-27-3)6-10-4-5-11(18)7-13(10)19/h4-5,7-9,16H,6H2,1-3H3,(H,22,26)/b24-14+/t9-/m0/s1. The van der Waals surface area contributed by atoms with Crippen molar-refractivity contribution in [2.45, 2.75) is 25.8 Å². The third-order valence-electron chi connectivity index (χ3n) is 3.75. The highest BCUT2D eigenvalue weighted by Gasteiger charge is 2.25. The van der Waals surface area contributed by atoms with Gasteiger partial charge in [-0.2, -0.15) is 5.10 Å². The van der Waals surface area contributed by atoms with Crippen LogP contribution in [0.1, 0.15) is 35.0 Å². The number of benzene rings is 1. The van der Waals surface area contributed by atoms with Gasteiger partial charge in [0, 0.05) is 29.7 Å². The van der Waals surface area contributed by atoms with Crippen molar-refractivity contribution in [1.82, 2.24) is 15.1 Å². The zero-order valence-corrected chi connectivity index (χ0v) is 16.4. The van der Waals surface area contributed by atoms with Crippen molar-refractivity contribution in [2.75, 3.05) is 7.11 Å². The number of hydrogen-bond acceptors (Lipinski definition) is 4. The Balaban J connectivity index is 2.19. The number of carbonyl (C=O) groups is 1. The molecule has 0 aliphatic rings. The summed E-state index contributed by atoms with van der Waals surface area (Å²) in [6.07, 6.45) is -1.34. The minimum absolute atomic E-state index is 0.194. The van der Waals surface area contributed by atoms with Gasteiger partial charge in [-0.05, 0) is 24.6 Å². The molecule has 0 unspecified atom stereocenters. The van der Waals surface area contributed by atoms with E-state index in [1.54, 1.807) is 25.1 Å². The van der Waals surface area contributed by atoms with E-state index in [-0.39, 0.29) is 12.0 Å². The summed E-state index contributed by atoms with van der Waals surface area (Å²) in [5.74, 6) is -0.683. The Hall–Kier alpha value is -2.19. The first-order chi connectivity index (χ1) is 12.7. The zero-order valence-electron chi connectivity index (χ0n) is 14.8. The second-order valence-corrected chi connectivity index (χ2v) is 6.62. The van der Waals surface area contributed by atoms with Crippen LogP contribution in [0.15, 0.2) is 29.6 Å². The first kappa shape index (κ1) is 21.1. The third-order valence-corrected chi connectivity index (χ3v) is 4.34. The largest absolute Gasteiger partial charge is 0.399 e. The number of aryl methyl sites for hydroxylation is 1. The highest BCUT2D eigenvalue weighted by molar-refractivity contribution is 6.35. The van der Waals surface area contributed by atoms with Gasteiger partial charge in [-0.15, -0.1) is 0 Å². The molecular weight excluding hydrogens is 401 g/mol. The maximum Gasteiger partial charge on any atom is 0.282 e. The van der Waals surface area contributed by atoms with Gasteiger partial charge in [0.1, 0.15) is 12.8 Å². The second kappa shape index (κ2) is 9.14. The third kappa shape index (κ3) is 5.40. The SMILES string of the molecule is CO/N=C(\Cc1ccc(Cl)cc1Cl)[C@H](C)NC(=O)c1cn(C)nc1C(F)F. The first-order valence-electron chi connectivity index (χ1n) is 7.89. The zero-order chi connectivity index (χ0) is 20.1. The number of aromatic nitrogens is 2. The number of nitrogens with one attached hydrogen (secondary N) is 1. The lowest BCUT2D eigenvalue weighted by atomic mass is 10.0. The van der Waals surface area contributed by atoms with Gasteiger partial charge in [-0.1, -0.05) is 34.4 Å². The fourth-order valence-electron chi connectivity index (χ4n) is 2.44. The Morgan fingerprint density at radius 1 is 1.41 bits per heavy atom. The van der Waals surface area contributed by atoms with Gasteiger partial charge in [0.05, 0.1) is 17.3 Å². The quantitative estimate of drug-likeness (QED) is 0.545. The Morgan fingerprint density at radius 3 is 2.70 bits per heavy atom. The van der Waals surface area contributed by atoms with Crippen LogP contribution in [-0.4, -0.2) is 34.6 Å². The van der Waals surface area contributed by atoms with Crippen molar-refractivity contribution >= 4 is 34.8 Å². The number of amides is 1. The molecule has 0 saturated carbocycles. The lowest BCUT2D eigenvalue weighted by Crippen LogP contribution is -2.39. The van der Waals surface area contributed by atoms with Gasteiger partial charge in [-0.25, -0.2) is 8.78 Å². The van der Waals surface area contributed by atoms with Crippen LogP contribution in [0.4, 0.5) is 8.78 Å². The first-order valence-corrected chi connectivity index (χ1v) is 8.65. The van der Waals surface area contributed by atoms with E-state index in [0.29, 0.717) is 15.8 Å².